The Morgan fingerprint density at radius 2 is 2.18 bits per heavy atom. The fraction of sp³-hybridized carbons (Fsp3) is 0.818. The Hall–Kier alpha value is -0.260. The summed E-state index contributed by atoms with van der Waals surface area (Å²) in [7, 11) is 0. The van der Waals surface area contributed by atoms with Crippen LogP contribution in [0, 0.1) is 5.92 Å². The van der Waals surface area contributed by atoms with Crippen LogP contribution in [0.15, 0.2) is 11.6 Å². The van der Waals surface area contributed by atoms with Crippen molar-refractivity contribution in [3.05, 3.63) is 11.6 Å². The molecule has 0 bridgehead atoms. The molecule has 0 aromatic heterocycles. The van der Waals surface area contributed by atoms with E-state index < -0.39 is 0 Å². The fourth-order valence-corrected chi connectivity index (χ4v) is 2.00. The zero-order chi connectivity index (χ0) is 8.10. The second-order valence-corrected chi connectivity index (χ2v) is 3.66. The molecule has 0 aromatic rings. The van der Waals surface area contributed by atoms with Crippen LogP contribution in [-0.4, -0.2) is 0 Å². The molecule has 0 amide bonds. The molecular weight excluding hydrogens is 132 g/mol. The van der Waals surface area contributed by atoms with Crippen LogP contribution < -0.4 is 0 Å². The van der Waals surface area contributed by atoms with Gasteiger partial charge in [0.2, 0.25) is 0 Å². The predicted molar refractivity (Wildman–Crippen MR) is 50.6 cm³/mol. The summed E-state index contributed by atoms with van der Waals surface area (Å²) in [6.45, 7) is 4.56. The summed E-state index contributed by atoms with van der Waals surface area (Å²) in [5, 5.41) is 0. The van der Waals surface area contributed by atoms with Gasteiger partial charge in [0, 0.05) is 0 Å². The van der Waals surface area contributed by atoms with Gasteiger partial charge in [-0.3, -0.25) is 0 Å². The molecule has 0 N–H and O–H groups in total. The van der Waals surface area contributed by atoms with E-state index in [1.165, 1.54) is 38.5 Å². The molecule has 0 saturated carbocycles. The molecule has 0 aliphatic heterocycles. The van der Waals surface area contributed by atoms with Gasteiger partial charge in [-0.15, -0.1) is 0 Å². The summed E-state index contributed by atoms with van der Waals surface area (Å²) in [6.07, 6.45) is 10.8. The topological polar surface area (TPSA) is 0 Å². The van der Waals surface area contributed by atoms with E-state index in [1.807, 2.05) is 0 Å². The molecule has 0 heterocycles. The Bertz CT molecular complexity index is 133. The second kappa shape index (κ2) is 4.58. The van der Waals surface area contributed by atoms with Crippen LogP contribution in [0.5, 0.6) is 0 Å². The third kappa shape index (κ3) is 2.69. The summed E-state index contributed by atoms with van der Waals surface area (Å²) in [6, 6.07) is 0. The third-order valence-corrected chi connectivity index (χ3v) is 2.54. The summed E-state index contributed by atoms with van der Waals surface area (Å²) in [5.74, 6) is 0.932. The Kier molecular flexibility index (Phi) is 3.68. The Labute approximate surface area is 70.7 Å². The molecule has 11 heavy (non-hydrogen) atoms. The second-order valence-electron chi connectivity index (χ2n) is 3.66. The number of hydrogen-bond donors (Lipinski definition) is 0. The molecule has 64 valence electrons. The first-order valence-electron chi connectivity index (χ1n) is 5.06. The first-order chi connectivity index (χ1) is 5.36. The van der Waals surface area contributed by atoms with E-state index in [1.54, 1.807) is 5.57 Å². The largest absolute Gasteiger partial charge is 0.0822 e. The molecule has 1 aliphatic carbocycles. The van der Waals surface area contributed by atoms with Crippen molar-refractivity contribution < 1.29 is 0 Å². The van der Waals surface area contributed by atoms with E-state index in [4.69, 9.17) is 0 Å². The van der Waals surface area contributed by atoms with Gasteiger partial charge in [0.15, 0.2) is 0 Å². The van der Waals surface area contributed by atoms with Crippen LogP contribution in [0.2, 0.25) is 0 Å². The molecule has 0 aromatic carbocycles. The van der Waals surface area contributed by atoms with E-state index in [9.17, 15) is 0 Å². The van der Waals surface area contributed by atoms with E-state index in [0.29, 0.717) is 0 Å². The lowest BCUT2D eigenvalue weighted by atomic mass is 10.0. The van der Waals surface area contributed by atoms with Crippen molar-refractivity contribution in [3.8, 4) is 0 Å². The van der Waals surface area contributed by atoms with Crippen molar-refractivity contribution >= 4 is 0 Å². The molecule has 0 heteroatoms. The van der Waals surface area contributed by atoms with Gasteiger partial charge in [-0.2, -0.15) is 0 Å². The highest BCUT2D eigenvalue weighted by Crippen LogP contribution is 2.29. The zero-order valence-electron chi connectivity index (χ0n) is 7.90. The molecule has 0 radical (unpaired) electrons. The number of allylic oxidation sites excluding steroid dienone is 2. The quantitative estimate of drug-likeness (QED) is 0.535. The summed E-state index contributed by atoms with van der Waals surface area (Å²) >= 11 is 0. The normalized spacial score (nSPS) is 23.8. The molecule has 0 saturated heterocycles. The minimum absolute atomic E-state index is 0.932. The molecular formula is C11H20. The minimum atomic E-state index is 0.932. The zero-order valence-corrected chi connectivity index (χ0v) is 7.90. The van der Waals surface area contributed by atoms with Gasteiger partial charge in [0.05, 0.1) is 0 Å². The predicted octanol–water partition coefficient (Wildman–Crippen LogP) is 3.92. The Morgan fingerprint density at radius 3 is 2.82 bits per heavy atom. The smallest absolute Gasteiger partial charge is 0.0228 e. The van der Waals surface area contributed by atoms with Crippen LogP contribution in [0.25, 0.3) is 0 Å². The number of hydrogen-bond acceptors (Lipinski definition) is 0. The molecule has 0 fully saturated rings. The molecule has 1 rings (SSSR count). The van der Waals surface area contributed by atoms with Gasteiger partial charge in [0.25, 0.3) is 0 Å². The fourth-order valence-electron chi connectivity index (χ4n) is 2.00. The van der Waals surface area contributed by atoms with Crippen molar-refractivity contribution in [3.63, 3.8) is 0 Å². The Morgan fingerprint density at radius 1 is 1.36 bits per heavy atom. The average molecular weight is 152 g/mol. The highest BCUT2D eigenvalue weighted by atomic mass is 14.2. The summed E-state index contributed by atoms with van der Waals surface area (Å²) in [4.78, 5) is 0. The summed E-state index contributed by atoms with van der Waals surface area (Å²) in [5.41, 5.74) is 1.73. The molecule has 0 nitrogen and oxygen atoms in total. The SMILES string of the molecule is CCCC1=CC(CCC)CC1. The molecule has 1 unspecified atom stereocenters. The van der Waals surface area contributed by atoms with Gasteiger partial charge < -0.3 is 0 Å². The van der Waals surface area contributed by atoms with Crippen molar-refractivity contribution in [2.75, 3.05) is 0 Å². The van der Waals surface area contributed by atoms with Crippen LogP contribution in [0.1, 0.15) is 52.4 Å². The third-order valence-electron chi connectivity index (χ3n) is 2.54. The van der Waals surface area contributed by atoms with E-state index in [2.05, 4.69) is 19.9 Å². The van der Waals surface area contributed by atoms with Gasteiger partial charge in [-0.25, -0.2) is 0 Å². The van der Waals surface area contributed by atoms with E-state index in [-0.39, 0.29) is 0 Å². The van der Waals surface area contributed by atoms with Gasteiger partial charge >= 0.3 is 0 Å². The summed E-state index contributed by atoms with van der Waals surface area (Å²) < 4.78 is 0. The van der Waals surface area contributed by atoms with Crippen LogP contribution in [0.3, 0.4) is 0 Å². The first kappa shape index (κ1) is 8.83. The standard InChI is InChI=1S/C11H20/c1-3-5-10-7-8-11(9-10)6-4-2/h9-10H,3-8H2,1-2H3. The van der Waals surface area contributed by atoms with Crippen LogP contribution in [-0.2, 0) is 0 Å². The first-order valence-corrected chi connectivity index (χ1v) is 5.06. The maximum absolute atomic E-state index is 2.53. The van der Waals surface area contributed by atoms with Crippen LogP contribution in [0.4, 0.5) is 0 Å². The monoisotopic (exact) mass is 152 g/mol. The van der Waals surface area contributed by atoms with Gasteiger partial charge in [0.1, 0.15) is 0 Å². The molecule has 0 spiro atoms. The highest BCUT2D eigenvalue weighted by molar-refractivity contribution is 5.10. The maximum Gasteiger partial charge on any atom is -0.0228 e. The Balaban J connectivity index is 2.28. The van der Waals surface area contributed by atoms with Gasteiger partial charge in [-0.1, -0.05) is 38.3 Å². The van der Waals surface area contributed by atoms with E-state index in [0.717, 1.165) is 5.92 Å². The van der Waals surface area contributed by atoms with Crippen LogP contribution >= 0.6 is 0 Å². The lowest BCUT2D eigenvalue weighted by molar-refractivity contribution is 0.567. The van der Waals surface area contributed by atoms with Crippen molar-refractivity contribution in [1.82, 2.24) is 0 Å². The van der Waals surface area contributed by atoms with Crippen molar-refractivity contribution in [2.45, 2.75) is 52.4 Å². The maximum atomic E-state index is 2.53. The van der Waals surface area contributed by atoms with Crippen molar-refractivity contribution in [2.24, 2.45) is 5.92 Å². The minimum Gasteiger partial charge on any atom is -0.0822 e. The number of rotatable bonds is 4. The molecule has 1 aliphatic rings. The van der Waals surface area contributed by atoms with E-state index >= 15 is 0 Å². The molecule has 1 atom stereocenters. The average Bonchev–Trinajstić information content (AvgIpc) is 2.38. The highest BCUT2D eigenvalue weighted by Gasteiger charge is 2.13. The van der Waals surface area contributed by atoms with Gasteiger partial charge in [-0.05, 0) is 31.6 Å². The lowest BCUT2D eigenvalue weighted by Crippen LogP contribution is -1.88. The van der Waals surface area contributed by atoms with Crippen molar-refractivity contribution in [1.29, 1.82) is 0 Å². The lowest BCUT2D eigenvalue weighted by Gasteiger charge is -2.01.